The SMILES string of the molecule is CCN(CC)C(=O)c1cccc(NCCCSC)c1. The van der Waals surface area contributed by atoms with E-state index < -0.39 is 0 Å². The third kappa shape index (κ3) is 5.15. The van der Waals surface area contributed by atoms with Gasteiger partial charge in [0.2, 0.25) is 0 Å². The summed E-state index contributed by atoms with van der Waals surface area (Å²) in [6.45, 7) is 6.46. The molecule has 0 aromatic heterocycles. The molecule has 0 heterocycles. The van der Waals surface area contributed by atoms with E-state index in [0.717, 1.165) is 43.1 Å². The normalized spacial score (nSPS) is 10.3. The third-order valence-corrected chi connectivity index (χ3v) is 3.71. The van der Waals surface area contributed by atoms with E-state index in [-0.39, 0.29) is 5.91 Å². The minimum absolute atomic E-state index is 0.109. The Labute approximate surface area is 120 Å². The van der Waals surface area contributed by atoms with Crippen LogP contribution in [0.1, 0.15) is 30.6 Å². The maximum atomic E-state index is 12.2. The number of nitrogens with zero attached hydrogens (tertiary/aromatic N) is 1. The van der Waals surface area contributed by atoms with E-state index in [1.165, 1.54) is 0 Å². The largest absolute Gasteiger partial charge is 0.385 e. The van der Waals surface area contributed by atoms with Crippen LogP contribution in [0.4, 0.5) is 5.69 Å². The van der Waals surface area contributed by atoms with Crippen LogP contribution in [-0.4, -0.2) is 42.4 Å². The quantitative estimate of drug-likeness (QED) is 0.741. The summed E-state index contributed by atoms with van der Waals surface area (Å²) in [5.74, 6) is 1.27. The lowest BCUT2D eigenvalue weighted by Gasteiger charge is -2.19. The van der Waals surface area contributed by atoms with E-state index in [0.29, 0.717) is 0 Å². The molecule has 106 valence electrons. The molecule has 3 nitrogen and oxygen atoms in total. The topological polar surface area (TPSA) is 32.3 Å². The first-order chi connectivity index (χ1) is 9.22. The zero-order valence-corrected chi connectivity index (χ0v) is 12.9. The Kier molecular flexibility index (Phi) is 7.41. The van der Waals surface area contributed by atoms with Crippen molar-refractivity contribution in [3.05, 3.63) is 29.8 Å². The maximum absolute atomic E-state index is 12.2. The predicted molar refractivity (Wildman–Crippen MR) is 85.2 cm³/mol. The number of carbonyl (C=O) groups is 1. The standard InChI is InChI=1S/C15H24N2OS/c1-4-17(5-2)15(18)13-8-6-9-14(12-13)16-10-7-11-19-3/h6,8-9,12,16H,4-5,7,10-11H2,1-3H3. The molecule has 0 aliphatic heterocycles. The van der Waals surface area contributed by atoms with Gasteiger partial charge in [-0.1, -0.05) is 6.07 Å². The fraction of sp³-hybridized carbons (Fsp3) is 0.533. The molecule has 0 spiro atoms. The molecule has 0 unspecified atom stereocenters. The number of amides is 1. The number of anilines is 1. The molecule has 0 radical (unpaired) electrons. The molecular weight excluding hydrogens is 256 g/mol. The predicted octanol–water partition coefficient (Wildman–Crippen LogP) is 3.33. The average Bonchev–Trinajstić information content (AvgIpc) is 2.45. The molecule has 0 saturated carbocycles. The number of thioether (sulfide) groups is 1. The van der Waals surface area contributed by atoms with Gasteiger partial charge in [0.25, 0.3) is 5.91 Å². The summed E-state index contributed by atoms with van der Waals surface area (Å²) in [6, 6.07) is 7.78. The van der Waals surface area contributed by atoms with Crippen molar-refractivity contribution >= 4 is 23.4 Å². The minimum atomic E-state index is 0.109. The second-order valence-electron chi connectivity index (χ2n) is 4.33. The first kappa shape index (κ1) is 15.9. The van der Waals surface area contributed by atoms with Crippen LogP contribution in [0.25, 0.3) is 0 Å². The van der Waals surface area contributed by atoms with Crippen molar-refractivity contribution in [2.75, 3.05) is 37.0 Å². The van der Waals surface area contributed by atoms with E-state index in [1.54, 1.807) is 0 Å². The number of nitrogens with one attached hydrogen (secondary N) is 1. The van der Waals surface area contributed by atoms with Crippen molar-refractivity contribution in [2.45, 2.75) is 20.3 Å². The molecule has 0 bridgehead atoms. The lowest BCUT2D eigenvalue weighted by Crippen LogP contribution is -2.30. The average molecular weight is 280 g/mol. The van der Waals surface area contributed by atoms with Crippen LogP contribution in [0.15, 0.2) is 24.3 Å². The van der Waals surface area contributed by atoms with E-state index in [1.807, 2.05) is 54.8 Å². The number of rotatable bonds is 8. The lowest BCUT2D eigenvalue weighted by atomic mass is 10.1. The third-order valence-electron chi connectivity index (χ3n) is 3.01. The van der Waals surface area contributed by atoms with Crippen LogP contribution < -0.4 is 5.32 Å². The highest BCUT2D eigenvalue weighted by Gasteiger charge is 2.12. The fourth-order valence-corrected chi connectivity index (χ4v) is 2.34. The Balaban J connectivity index is 2.63. The molecule has 4 heteroatoms. The van der Waals surface area contributed by atoms with Gasteiger partial charge in [0.05, 0.1) is 0 Å². The van der Waals surface area contributed by atoms with Crippen LogP contribution in [-0.2, 0) is 0 Å². The van der Waals surface area contributed by atoms with Gasteiger partial charge >= 0.3 is 0 Å². The number of benzene rings is 1. The van der Waals surface area contributed by atoms with Gasteiger partial charge in [-0.2, -0.15) is 11.8 Å². The van der Waals surface area contributed by atoms with Crippen LogP contribution in [0.5, 0.6) is 0 Å². The molecule has 0 saturated heterocycles. The van der Waals surface area contributed by atoms with Crippen LogP contribution >= 0.6 is 11.8 Å². The second kappa shape index (κ2) is 8.86. The second-order valence-corrected chi connectivity index (χ2v) is 5.32. The van der Waals surface area contributed by atoms with Gasteiger partial charge < -0.3 is 10.2 Å². The molecule has 0 aliphatic rings. The van der Waals surface area contributed by atoms with Gasteiger partial charge in [-0.05, 0) is 50.5 Å². The van der Waals surface area contributed by atoms with Crippen LogP contribution in [0.3, 0.4) is 0 Å². The van der Waals surface area contributed by atoms with Gasteiger partial charge in [0.15, 0.2) is 0 Å². The van der Waals surface area contributed by atoms with Crippen LogP contribution in [0, 0.1) is 0 Å². The van der Waals surface area contributed by atoms with Gasteiger partial charge in [0, 0.05) is 30.9 Å². The number of hydrogen-bond acceptors (Lipinski definition) is 3. The maximum Gasteiger partial charge on any atom is 0.253 e. The smallest absolute Gasteiger partial charge is 0.253 e. The molecule has 19 heavy (non-hydrogen) atoms. The highest BCUT2D eigenvalue weighted by atomic mass is 32.2. The van der Waals surface area contributed by atoms with Crippen molar-refractivity contribution in [3.63, 3.8) is 0 Å². The summed E-state index contributed by atoms with van der Waals surface area (Å²) in [4.78, 5) is 14.1. The summed E-state index contributed by atoms with van der Waals surface area (Å²) in [6.07, 6.45) is 3.25. The molecular formula is C15H24N2OS. The molecule has 1 aromatic carbocycles. The van der Waals surface area contributed by atoms with Crippen molar-refractivity contribution in [1.82, 2.24) is 4.90 Å². The van der Waals surface area contributed by atoms with Crippen molar-refractivity contribution in [2.24, 2.45) is 0 Å². The monoisotopic (exact) mass is 280 g/mol. The highest BCUT2D eigenvalue weighted by molar-refractivity contribution is 7.98. The van der Waals surface area contributed by atoms with E-state index >= 15 is 0 Å². The molecule has 1 aromatic rings. The van der Waals surface area contributed by atoms with E-state index in [2.05, 4.69) is 11.6 Å². The Bertz CT molecular complexity index is 391. The fourth-order valence-electron chi connectivity index (χ4n) is 1.90. The molecule has 1 rings (SSSR count). The Morgan fingerprint density at radius 3 is 2.68 bits per heavy atom. The van der Waals surface area contributed by atoms with E-state index in [9.17, 15) is 4.79 Å². The summed E-state index contributed by atoms with van der Waals surface area (Å²) < 4.78 is 0. The molecule has 0 aliphatic carbocycles. The molecule has 1 amide bonds. The highest BCUT2D eigenvalue weighted by Crippen LogP contribution is 2.13. The van der Waals surface area contributed by atoms with Crippen LogP contribution in [0.2, 0.25) is 0 Å². The van der Waals surface area contributed by atoms with Gasteiger partial charge in [-0.25, -0.2) is 0 Å². The molecule has 0 atom stereocenters. The minimum Gasteiger partial charge on any atom is -0.385 e. The summed E-state index contributed by atoms with van der Waals surface area (Å²) in [5, 5.41) is 3.37. The number of carbonyl (C=O) groups excluding carboxylic acids is 1. The Morgan fingerprint density at radius 2 is 2.05 bits per heavy atom. The molecule has 1 N–H and O–H groups in total. The first-order valence-corrected chi connectivity index (χ1v) is 8.24. The zero-order valence-electron chi connectivity index (χ0n) is 12.1. The Hall–Kier alpha value is -1.16. The van der Waals surface area contributed by atoms with Gasteiger partial charge in [0.1, 0.15) is 0 Å². The zero-order chi connectivity index (χ0) is 14.1. The van der Waals surface area contributed by atoms with E-state index in [4.69, 9.17) is 0 Å². The van der Waals surface area contributed by atoms with Gasteiger partial charge in [-0.3, -0.25) is 4.79 Å². The Morgan fingerprint density at radius 1 is 1.32 bits per heavy atom. The number of hydrogen-bond donors (Lipinski definition) is 1. The summed E-state index contributed by atoms with van der Waals surface area (Å²) >= 11 is 1.85. The first-order valence-electron chi connectivity index (χ1n) is 6.85. The lowest BCUT2D eigenvalue weighted by molar-refractivity contribution is 0.0773. The van der Waals surface area contributed by atoms with Crippen molar-refractivity contribution in [3.8, 4) is 0 Å². The molecule has 0 fully saturated rings. The van der Waals surface area contributed by atoms with Crippen molar-refractivity contribution < 1.29 is 4.79 Å². The summed E-state index contributed by atoms with van der Waals surface area (Å²) in [7, 11) is 0. The summed E-state index contributed by atoms with van der Waals surface area (Å²) in [5.41, 5.74) is 1.79. The van der Waals surface area contributed by atoms with Gasteiger partial charge in [-0.15, -0.1) is 0 Å². The van der Waals surface area contributed by atoms with Crippen molar-refractivity contribution in [1.29, 1.82) is 0 Å².